The van der Waals surface area contributed by atoms with Gasteiger partial charge in [0, 0.05) is 25.3 Å². The Labute approximate surface area is 100 Å². The molecule has 1 aliphatic heterocycles. The second-order valence-electron chi connectivity index (χ2n) is 5.61. The molecule has 1 N–H and O–H groups in total. The molecule has 2 rings (SSSR count). The van der Waals surface area contributed by atoms with Gasteiger partial charge in [0.2, 0.25) is 0 Å². The minimum Gasteiger partial charge on any atom is -0.381 e. The maximum atomic E-state index is 5.43. The first-order chi connectivity index (χ1) is 7.81. The summed E-state index contributed by atoms with van der Waals surface area (Å²) in [7, 11) is 0. The van der Waals surface area contributed by atoms with Crippen molar-refractivity contribution in [1.82, 2.24) is 5.32 Å². The molecule has 0 bridgehead atoms. The molecule has 1 heterocycles. The van der Waals surface area contributed by atoms with Crippen molar-refractivity contribution in [3.05, 3.63) is 0 Å². The highest BCUT2D eigenvalue weighted by Gasteiger charge is 2.29. The molecule has 2 heteroatoms. The predicted molar refractivity (Wildman–Crippen MR) is 67.6 cm³/mol. The zero-order valence-electron chi connectivity index (χ0n) is 10.9. The van der Waals surface area contributed by atoms with Crippen molar-refractivity contribution in [3.8, 4) is 0 Å². The largest absolute Gasteiger partial charge is 0.381 e. The van der Waals surface area contributed by atoms with E-state index in [0.717, 1.165) is 31.1 Å². The molecule has 0 spiro atoms. The second-order valence-corrected chi connectivity index (χ2v) is 5.61. The van der Waals surface area contributed by atoms with Crippen LogP contribution >= 0.6 is 0 Å². The Morgan fingerprint density at radius 3 is 2.62 bits per heavy atom. The molecule has 3 atom stereocenters. The van der Waals surface area contributed by atoms with Crippen molar-refractivity contribution in [1.29, 1.82) is 0 Å². The van der Waals surface area contributed by atoms with E-state index in [2.05, 4.69) is 19.2 Å². The maximum Gasteiger partial charge on any atom is 0.0469 e. The standard InChI is InChI=1S/C14H27NO/c1-3-12-5-4-6-14(12)15-11(2)13-7-9-16-10-8-13/h11-15H,3-10H2,1-2H3. The highest BCUT2D eigenvalue weighted by Crippen LogP contribution is 2.29. The molecular weight excluding hydrogens is 198 g/mol. The quantitative estimate of drug-likeness (QED) is 0.794. The average Bonchev–Trinajstić information content (AvgIpc) is 2.77. The zero-order chi connectivity index (χ0) is 11.4. The Balaban J connectivity index is 1.78. The van der Waals surface area contributed by atoms with Gasteiger partial charge >= 0.3 is 0 Å². The van der Waals surface area contributed by atoms with E-state index in [-0.39, 0.29) is 0 Å². The van der Waals surface area contributed by atoms with E-state index >= 15 is 0 Å². The van der Waals surface area contributed by atoms with Gasteiger partial charge in [0.25, 0.3) is 0 Å². The van der Waals surface area contributed by atoms with E-state index in [0.29, 0.717) is 6.04 Å². The summed E-state index contributed by atoms with van der Waals surface area (Å²) in [6, 6.07) is 1.48. The monoisotopic (exact) mass is 225 g/mol. The van der Waals surface area contributed by atoms with Crippen LogP contribution < -0.4 is 5.32 Å². The van der Waals surface area contributed by atoms with Crippen LogP contribution in [0, 0.1) is 11.8 Å². The van der Waals surface area contributed by atoms with Gasteiger partial charge in [-0.1, -0.05) is 19.8 Å². The van der Waals surface area contributed by atoms with Gasteiger partial charge in [-0.25, -0.2) is 0 Å². The minimum atomic E-state index is 0.682. The summed E-state index contributed by atoms with van der Waals surface area (Å²) in [5.74, 6) is 1.77. The van der Waals surface area contributed by atoms with Gasteiger partial charge in [-0.15, -0.1) is 0 Å². The summed E-state index contributed by atoms with van der Waals surface area (Å²) in [5, 5.41) is 3.89. The highest BCUT2D eigenvalue weighted by molar-refractivity contribution is 4.86. The van der Waals surface area contributed by atoms with Crippen LogP contribution in [0.3, 0.4) is 0 Å². The van der Waals surface area contributed by atoms with E-state index in [4.69, 9.17) is 4.74 Å². The van der Waals surface area contributed by atoms with Crippen LogP contribution in [-0.4, -0.2) is 25.3 Å². The summed E-state index contributed by atoms with van der Waals surface area (Å²) < 4.78 is 5.43. The van der Waals surface area contributed by atoms with Crippen LogP contribution in [0.15, 0.2) is 0 Å². The van der Waals surface area contributed by atoms with Crippen LogP contribution in [0.25, 0.3) is 0 Å². The Morgan fingerprint density at radius 2 is 1.94 bits per heavy atom. The normalized spacial score (nSPS) is 34.1. The summed E-state index contributed by atoms with van der Waals surface area (Å²) in [4.78, 5) is 0. The summed E-state index contributed by atoms with van der Waals surface area (Å²) in [6.45, 7) is 6.65. The molecule has 0 radical (unpaired) electrons. The van der Waals surface area contributed by atoms with Crippen LogP contribution in [0.2, 0.25) is 0 Å². The summed E-state index contributed by atoms with van der Waals surface area (Å²) in [5.41, 5.74) is 0. The lowest BCUT2D eigenvalue weighted by molar-refractivity contribution is 0.0536. The van der Waals surface area contributed by atoms with Gasteiger partial charge in [-0.2, -0.15) is 0 Å². The lowest BCUT2D eigenvalue weighted by Crippen LogP contribution is -2.44. The van der Waals surface area contributed by atoms with E-state index in [9.17, 15) is 0 Å². The zero-order valence-corrected chi connectivity index (χ0v) is 10.9. The number of nitrogens with one attached hydrogen (secondary N) is 1. The number of hydrogen-bond donors (Lipinski definition) is 1. The van der Waals surface area contributed by atoms with E-state index < -0.39 is 0 Å². The Kier molecular flexibility index (Phi) is 4.66. The van der Waals surface area contributed by atoms with Gasteiger partial charge in [-0.3, -0.25) is 0 Å². The summed E-state index contributed by atoms with van der Waals surface area (Å²) >= 11 is 0. The number of hydrogen-bond acceptors (Lipinski definition) is 2. The smallest absolute Gasteiger partial charge is 0.0469 e. The van der Waals surface area contributed by atoms with Gasteiger partial charge in [0.1, 0.15) is 0 Å². The van der Waals surface area contributed by atoms with Crippen LogP contribution in [0.5, 0.6) is 0 Å². The topological polar surface area (TPSA) is 21.3 Å². The fourth-order valence-electron chi connectivity index (χ4n) is 3.43. The Hall–Kier alpha value is -0.0800. The fraction of sp³-hybridized carbons (Fsp3) is 1.00. The van der Waals surface area contributed by atoms with Gasteiger partial charge < -0.3 is 10.1 Å². The van der Waals surface area contributed by atoms with Crippen LogP contribution in [0.1, 0.15) is 52.4 Å². The maximum absolute atomic E-state index is 5.43. The molecule has 2 nitrogen and oxygen atoms in total. The van der Waals surface area contributed by atoms with Crippen molar-refractivity contribution in [2.45, 2.75) is 64.5 Å². The molecule has 16 heavy (non-hydrogen) atoms. The molecular formula is C14H27NO. The lowest BCUT2D eigenvalue weighted by atomic mass is 9.91. The van der Waals surface area contributed by atoms with Crippen molar-refractivity contribution in [2.24, 2.45) is 11.8 Å². The molecule has 2 fully saturated rings. The predicted octanol–water partition coefficient (Wildman–Crippen LogP) is 2.97. The Bertz CT molecular complexity index is 201. The molecule has 0 aromatic rings. The molecule has 2 aliphatic rings. The van der Waals surface area contributed by atoms with Crippen molar-refractivity contribution < 1.29 is 4.74 Å². The SMILES string of the molecule is CCC1CCCC1NC(C)C1CCOCC1. The van der Waals surface area contributed by atoms with Gasteiger partial charge in [0.15, 0.2) is 0 Å². The Morgan fingerprint density at radius 1 is 1.19 bits per heavy atom. The van der Waals surface area contributed by atoms with Crippen molar-refractivity contribution in [2.75, 3.05) is 13.2 Å². The second kappa shape index (κ2) is 6.02. The van der Waals surface area contributed by atoms with E-state index in [1.165, 1.54) is 38.5 Å². The third-order valence-electron chi connectivity index (χ3n) is 4.63. The van der Waals surface area contributed by atoms with Crippen LogP contribution in [0.4, 0.5) is 0 Å². The third kappa shape index (κ3) is 2.98. The minimum absolute atomic E-state index is 0.682. The van der Waals surface area contributed by atoms with Crippen molar-refractivity contribution >= 4 is 0 Å². The first-order valence-corrected chi connectivity index (χ1v) is 7.15. The number of ether oxygens (including phenoxy) is 1. The van der Waals surface area contributed by atoms with Crippen molar-refractivity contribution in [3.63, 3.8) is 0 Å². The van der Waals surface area contributed by atoms with E-state index in [1.54, 1.807) is 0 Å². The molecule has 1 saturated carbocycles. The lowest BCUT2D eigenvalue weighted by Gasteiger charge is -2.32. The van der Waals surface area contributed by atoms with Gasteiger partial charge in [0.05, 0.1) is 0 Å². The summed E-state index contributed by atoms with van der Waals surface area (Å²) in [6.07, 6.45) is 8.10. The fourth-order valence-corrected chi connectivity index (χ4v) is 3.43. The average molecular weight is 225 g/mol. The van der Waals surface area contributed by atoms with E-state index in [1.807, 2.05) is 0 Å². The third-order valence-corrected chi connectivity index (χ3v) is 4.63. The molecule has 0 aromatic carbocycles. The molecule has 1 aliphatic carbocycles. The molecule has 1 saturated heterocycles. The van der Waals surface area contributed by atoms with Crippen LogP contribution in [-0.2, 0) is 4.74 Å². The first-order valence-electron chi connectivity index (χ1n) is 7.15. The first kappa shape index (κ1) is 12.4. The number of rotatable bonds is 4. The van der Waals surface area contributed by atoms with Gasteiger partial charge in [-0.05, 0) is 44.4 Å². The highest BCUT2D eigenvalue weighted by atomic mass is 16.5. The molecule has 3 unspecified atom stereocenters. The molecule has 94 valence electrons. The molecule has 0 amide bonds. The molecule has 0 aromatic heterocycles.